The fourth-order valence-corrected chi connectivity index (χ4v) is 7.73. The first-order valence-corrected chi connectivity index (χ1v) is 16.8. The van der Waals surface area contributed by atoms with Crippen molar-refractivity contribution in [1.82, 2.24) is 9.55 Å². The molecule has 2 heteroatoms. The topological polar surface area (TPSA) is 17.8 Å². The van der Waals surface area contributed by atoms with E-state index in [4.69, 9.17) is 0 Å². The van der Waals surface area contributed by atoms with E-state index in [1.165, 1.54) is 81.9 Å². The Morgan fingerprint density at radius 2 is 1.04 bits per heavy atom. The van der Waals surface area contributed by atoms with Gasteiger partial charge >= 0.3 is 0 Å². The number of nitrogens with zero attached hydrogens (tertiary/aromatic N) is 2. The Balaban J connectivity index is 1.18. The number of para-hydroxylation sites is 1. The molecule has 0 saturated heterocycles. The smallest absolute Gasteiger partial charge is 0.0619 e. The highest BCUT2D eigenvalue weighted by Gasteiger charge is 2.17. The Bertz CT molecular complexity index is 2860. The molecule has 10 rings (SSSR count). The Hall–Kier alpha value is -6.51. The summed E-state index contributed by atoms with van der Waals surface area (Å²) in [7, 11) is 0. The van der Waals surface area contributed by atoms with Crippen molar-refractivity contribution in [2.45, 2.75) is 0 Å². The molecule has 2 nitrogen and oxygen atoms in total. The van der Waals surface area contributed by atoms with Gasteiger partial charge in [-0.1, -0.05) is 127 Å². The summed E-state index contributed by atoms with van der Waals surface area (Å²) >= 11 is 0. The first kappa shape index (κ1) is 27.6. The van der Waals surface area contributed by atoms with Crippen LogP contribution in [0.3, 0.4) is 0 Å². The standard InChI is InChI=1S/C47H30N2/c1-2-14-38(15-3-1)49-46-29-33(20-23-43(46)44-24-21-36-27-32(19-22-40(36)47(44)49)37-13-9-25-48-30-37)31-11-8-12-34(26-31)45-28-35-10-4-5-16-39(35)41-17-6-7-18-42(41)45/h1-30H. The van der Waals surface area contributed by atoms with Crippen LogP contribution >= 0.6 is 0 Å². The van der Waals surface area contributed by atoms with E-state index in [9.17, 15) is 0 Å². The fraction of sp³-hybridized carbons (Fsp3) is 0. The SMILES string of the molecule is c1ccc(-n2c3cc(-c4cccc(-c5cc6ccccc6c6ccccc56)c4)ccc3c3ccc4cc(-c5cccnc5)ccc4c32)cc1. The van der Waals surface area contributed by atoms with Crippen molar-refractivity contribution >= 4 is 54.1 Å². The molecule has 228 valence electrons. The van der Waals surface area contributed by atoms with E-state index in [0.717, 1.165) is 11.3 Å². The second-order valence-electron chi connectivity index (χ2n) is 12.8. The summed E-state index contributed by atoms with van der Waals surface area (Å²) in [4.78, 5) is 4.35. The van der Waals surface area contributed by atoms with Crippen LogP contribution in [0.1, 0.15) is 0 Å². The average Bonchev–Trinajstić information content (AvgIpc) is 3.52. The van der Waals surface area contributed by atoms with Gasteiger partial charge in [0.1, 0.15) is 0 Å². The maximum atomic E-state index is 4.35. The molecule has 49 heavy (non-hydrogen) atoms. The highest BCUT2D eigenvalue weighted by Crippen LogP contribution is 2.41. The molecule has 0 aliphatic carbocycles. The van der Waals surface area contributed by atoms with Gasteiger partial charge < -0.3 is 4.57 Å². The van der Waals surface area contributed by atoms with Crippen LogP contribution in [-0.4, -0.2) is 9.55 Å². The van der Waals surface area contributed by atoms with Crippen LogP contribution in [0.5, 0.6) is 0 Å². The number of rotatable bonds is 4. The van der Waals surface area contributed by atoms with E-state index >= 15 is 0 Å². The van der Waals surface area contributed by atoms with Crippen molar-refractivity contribution in [1.29, 1.82) is 0 Å². The largest absolute Gasteiger partial charge is 0.309 e. The molecule has 0 fully saturated rings. The van der Waals surface area contributed by atoms with E-state index in [1.54, 1.807) is 0 Å². The van der Waals surface area contributed by atoms with Crippen LogP contribution in [-0.2, 0) is 0 Å². The molecule has 0 aliphatic rings. The molecule has 0 amide bonds. The summed E-state index contributed by atoms with van der Waals surface area (Å²) in [6, 6.07) is 62.0. The minimum absolute atomic E-state index is 1.12. The zero-order valence-corrected chi connectivity index (χ0v) is 26.7. The quantitative estimate of drug-likeness (QED) is 0.179. The van der Waals surface area contributed by atoms with Gasteiger partial charge in [-0.2, -0.15) is 0 Å². The molecule has 10 aromatic rings. The molecule has 0 aliphatic heterocycles. The van der Waals surface area contributed by atoms with Crippen molar-refractivity contribution < 1.29 is 0 Å². The van der Waals surface area contributed by atoms with Gasteiger partial charge in [0.25, 0.3) is 0 Å². The molecule has 0 saturated carbocycles. The number of aromatic nitrogens is 2. The fourth-order valence-electron chi connectivity index (χ4n) is 7.73. The molecule has 0 atom stereocenters. The summed E-state index contributed by atoms with van der Waals surface area (Å²) in [5.41, 5.74) is 10.7. The van der Waals surface area contributed by atoms with Gasteiger partial charge in [-0.25, -0.2) is 0 Å². The Morgan fingerprint density at radius 3 is 1.90 bits per heavy atom. The molecule has 0 N–H and O–H groups in total. The monoisotopic (exact) mass is 622 g/mol. The van der Waals surface area contributed by atoms with Crippen molar-refractivity contribution in [2.75, 3.05) is 0 Å². The van der Waals surface area contributed by atoms with Gasteiger partial charge in [-0.15, -0.1) is 0 Å². The Kier molecular flexibility index (Phi) is 6.22. The number of benzene rings is 8. The molecular weight excluding hydrogens is 593 g/mol. The molecule has 2 heterocycles. The van der Waals surface area contributed by atoms with E-state index < -0.39 is 0 Å². The summed E-state index contributed by atoms with van der Waals surface area (Å²) in [5, 5.41) is 10.1. The minimum Gasteiger partial charge on any atom is -0.309 e. The van der Waals surface area contributed by atoms with Crippen LogP contribution in [0, 0.1) is 0 Å². The number of fused-ring (bicyclic) bond motifs is 8. The van der Waals surface area contributed by atoms with Gasteiger partial charge in [0.15, 0.2) is 0 Å². The van der Waals surface area contributed by atoms with Crippen molar-refractivity contribution in [2.24, 2.45) is 0 Å². The molecule has 0 radical (unpaired) electrons. The number of hydrogen-bond donors (Lipinski definition) is 0. The third kappa shape index (κ3) is 4.46. The summed E-state index contributed by atoms with van der Waals surface area (Å²) in [6.07, 6.45) is 3.75. The van der Waals surface area contributed by atoms with E-state index in [0.29, 0.717) is 0 Å². The van der Waals surface area contributed by atoms with Gasteiger partial charge in [-0.05, 0) is 97.2 Å². The van der Waals surface area contributed by atoms with Crippen LogP contribution < -0.4 is 0 Å². The summed E-state index contributed by atoms with van der Waals surface area (Å²) < 4.78 is 2.45. The van der Waals surface area contributed by atoms with Crippen molar-refractivity contribution in [3.63, 3.8) is 0 Å². The second kappa shape index (κ2) is 11.0. The molecular formula is C47H30N2. The lowest BCUT2D eigenvalue weighted by atomic mass is 9.92. The van der Waals surface area contributed by atoms with E-state index in [-0.39, 0.29) is 0 Å². The minimum atomic E-state index is 1.12. The van der Waals surface area contributed by atoms with E-state index in [1.807, 2.05) is 18.5 Å². The van der Waals surface area contributed by atoms with Crippen LogP contribution in [0.4, 0.5) is 0 Å². The van der Waals surface area contributed by atoms with Crippen LogP contribution in [0.25, 0.3) is 93.2 Å². The van der Waals surface area contributed by atoms with Crippen LogP contribution in [0.2, 0.25) is 0 Å². The normalized spacial score (nSPS) is 11.7. The Labute approximate surface area is 284 Å². The third-order valence-electron chi connectivity index (χ3n) is 10.0. The first-order valence-electron chi connectivity index (χ1n) is 16.8. The highest BCUT2D eigenvalue weighted by atomic mass is 15.0. The van der Waals surface area contributed by atoms with Gasteiger partial charge in [0.05, 0.1) is 11.0 Å². The maximum Gasteiger partial charge on any atom is 0.0619 e. The number of pyridine rings is 1. The predicted molar refractivity (Wildman–Crippen MR) is 207 cm³/mol. The Morgan fingerprint density at radius 1 is 0.367 bits per heavy atom. The molecule has 8 aromatic carbocycles. The predicted octanol–water partition coefficient (Wildman–Crippen LogP) is 12.6. The zero-order chi connectivity index (χ0) is 32.3. The number of hydrogen-bond acceptors (Lipinski definition) is 1. The molecule has 0 spiro atoms. The van der Waals surface area contributed by atoms with E-state index in [2.05, 4.69) is 173 Å². The lowest BCUT2D eigenvalue weighted by Gasteiger charge is -2.13. The summed E-state index contributed by atoms with van der Waals surface area (Å²) in [5.74, 6) is 0. The molecule has 2 aromatic heterocycles. The lowest BCUT2D eigenvalue weighted by Crippen LogP contribution is -1.94. The first-order chi connectivity index (χ1) is 24.3. The van der Waals surface area contributed by atoms with Crippen molar-refractivity contribution in [3.05, 3.63) is 182 Å². The lowest BCUT2D eigenvalue weighted by molar-refractivity contribution is 1.19. The van der Waals surface area contributed by atoms with Crippen LogP contribution in [0.15, 0.2) is 182 Å². The third-order valence-corrected chi connectivity index (χ3v) is 10.0. The maximum absolute atomic E-state index is 4.35. The second-order valence-corrected chi connectivity index (χ2v) is 12.8. The molecule has 0 unspecified atom stereocenters. The highest BCUT2D eigenvalue weighted by molar-refractivity contribution is 6.19. The van der Waals surface area contributed by atoms with Gasteiger partial charge in [0.2, 0.25) is 0 Å². The summed E-state index contributed by atoms with van der Waals surface area (Å²) in [6.45, 7) is 0. The zero-order valence-electron chi connectivity index (χ0n) is 26.7. The molecule has 0 bridgehead atoms. The van der Waals surface area contributed by atoms with Gasteiger partial charge in [0, 0.05) is 39.8 Å². The van der Waals surface area contributed by atoms with Crippen molar-refractivity contribution in [3.8, 4) is 39.1 Å². The average molecular weight is 623 g/mol. The van der Waals surface area contributed by atoms with Gasteiger partial charge in [-0.3, -0.25) is 4.98 Å².